The van der Waals surface area contributed by atoms with Crippen molar-refractivity contribution < 1.29 is 0 Å². The largest absolute Gasteiger partial charge is 0.335 e. The fourth-order valence-corrected chi connectivity index (χ4v) is 1.67. The molecule has 1 atom stereocenters. The van der Waals surface area contributed by atoms with Crippen molar-refractivity contribution >= 4 is 0 Å². The lowest BCUT2D eigenvalue weighted by molar-refractivity contribution is 0.452. The lowest BCUT2D eigenvalue weighted by Gasteiger charge is -2.16. The topological polar surface area (TPSA) is 61.7 Å². The molecule has 0 aliphatic rings. The molecule has 80 valence electrons. The third kappa shape index (κ3) is 2.07. The van der Waals surface area contributed by atoms with Crippen LogP contribution in [0.3, 0.4) is 0 Å². The van der Waals surface area contributed by atoms with Gasteiger partial charge in [0.05, 0.1) is 18.3 Å². The highest BCUT2D eigenvalue weighted by molar-refractivity contribution is 4.99. The summed E-state index contributed by atoms with van der Waals surface area (Å²) in [6.45, 7) is 3.54. The number of aromatic nitrogens is 4. The summed E-state index contributed by atoms with van der Waals surface area (Å²) in [5, 5.41) is 0. The molecule has 5 nitrogen and oxygen atoms in total. The first kappa shape index (κ1) is 9.92. The molecular formula is C10H15N5. The highest BCUT2D eigenvalue weighted by atomic mass is 15.1. The molecule has 0 fully saturated rings. The molecule has 2 aromatic rings. The summed E-state index contributed by atoms with van der Waals surface area (Å²) < 4.78 is 4.14. The maximum Gasteiger partial charge on any atom is 0.0951 e. The monoisotopic (exact) mass is 205 g/mol. The first-order valence-corrected chi connectivity index (χ1v) is 4.97. The minimum absolute atomic E-state index is 0.334. The Hall–Kier alpha value is -1.62. The molecule has 5 heteroatoms. The van der Waals surface area contributed by atoms with Gasteiger partial charge in [-0.25, -0.2) is 9.97 Å². The summed E-state index contributed by atoms with van der Waals surface area (Å²) in [5.41, 5.74) is 6.68. The van der Waals surface area contributed by atoms with Crippen LogP contribution in [0.5, 0.6) is 0 Å². The summed E-state index contributed by atoms with van der Waals surface area (Å²) in [7, 11) is 0. The maximum absolute atomic E-state index is 5.63. The van der Waals surface area contributed by atoms with Gasteiger partial charge in [-0.05, 0) is 6.92 Å². The highest BCUT2D eigenvalue weighted by Gasteiger charge is 2.08. The summed E-state index contributed by atoms with van der Waals surface area (Å²) in [4.78, 5) is 8.11. The third-order valence-corrected chi connectivity index (χ3v) is 2.46. The Morgan fingerprint density at radius 3 is 2.93 bits per heavy atom. The van der Waals surface area contributed by atoms with Gasteiger partial charge in [-0.3, -0.25) is 0 Å². The van der Waals surface area contributed by atoms with Gasteiger partial charge in [-0.1, -0.05) is 0 Å². The summed E-state index contributed by atoms with van der Waals surface area (Å²) in [5.74, 6) is 0. The van der Waals surface area contributed by atoms with Crippen LogP contribution in [0.25, 0.3) is 0 Å². The van der Waals surface area contributed by atoms with E-state index in [1.807, 2.05) is 29.6 Å². The van der Waals surface area contributed by atoms with Crippen LogP contribution >= 0.6 is 0 Å². The molecule has 2 aromatic heterocycles. The van der Waals surface area contributed by atoms with Crippen LogP contribution in [0, 0.1) is 0 Å². The predicted octanol–water partition coefficient (Wildman–Crippen LogP) is 0.799. The number of nitrogens with two attached hydrogens (primary N) is 1. The van der Waals surface area contributed by atoms with E-state index >= 15 is 0 Å². The van der Waals surface area contributed by atoms with Gasteiger partial charge in [0.15, 0.2) is 0 Å². The van der Waals surface area contributed by atoms with Gasteiger partial charge in [-0.2, -0.15) is 0 Å². The van der Waals surface area contributed by atoms with Gasteiger partial charge in [-0.15, -0.1) is 0 Å². The van der Waals surface area contributed by atoms with E-state index in [0.717, 1.165) is 12.2 Å². The Bertz CT molecular complexity index is 403. The summed E-state index contributed by atoms with van der Waals surface area (Å²) in [6, 6.07) is 0.334. The molecule has 2 heterocycles. The van der Waals surface area contributed by atoms with Crippen LogP contribution in [0.1, 0.15) is 18.7 Å². The quantitative estimate of drug-likeness (QED) is 0.803. The average molecular weight is 205 g/mol. The van der Waals surface area contributed by atoms with E-state index < -0.39 is 0 Å². The van der Waals surface area contributed by atoms with Gasteiger partial charge >= 0.3 is 0 Å². The van der Waals surface area contributed by atoms with E-state index in [1.54, 1.807) is 6.20 Å². The molecule has 0 saturated heterocycles. The molecule has 2 N–H and O–H groups in total. The van der Waals surface area contributed by atoms with Gasteiger partial charge in [0, 0.05) is 37.7 Å². The normalized spacial score (nSPS) is 12.9. The molecular weight excluding hydrogens is 190 g/mol. The summed E-state index contributed by atoms with van der Waals surface area (Å²) in [6.07, 6.45) is 9.18. The van der Waals surface area contributed by atoms with Crippen molar-refractivity contribution in [1.82, 2.24) is 19.1 Å². The number of nitrogens with zero attached hydrogens (tertiary/aromatic N) is 4. The smallest absolute Gasteiger partial charge is 0.0951 e. The van der Waals surface area contributed by atoms with Crippen LogP contribution in [0.2, 0.25) is 0 Å². The molecule has 0 spiro atoms. The summed E-state index contributed by atoms with van der Waals surface area (Å²) >= 11 is 0. The van der Waals surface area contributed by atoms with Gasteiger partial charge in [0.1, 0.15) is 0 Å². The second-order valence-electron chi connectivity index (χ2n) is 3.60. The Balaban J connectivity index is 2.11. The second-order valence-corrected chi connectivity index (χ2v) is 3.60. The first-order chi connectivity index (χ1) is 7.31. The van der Waals surface area contributed by atoms with E-state index in [2.05, 4.69) is 21.5 Å². The molecule has 0 amide bonds. The van der Waals surface area contributed by atoms with Crippen molar-refractivity contribution in [3.05, 3.63) is 36.9 Å². The van der Waals surface area contributed by atoms with E-state index in [-0.39, 0.29) is 0 Å². The molecule has 2 rings (SSSR count). The second kappa shape index (κ2) is 4.27. The minimum Gasteiger partial charge on any atom is -0.335 e. The van der Waals surface area contributed by atoms with Crippen LogP contribution in [0.15, 0.2) is 31.2 Å². The van der Waals surface area contributed by atoms with E-state index in [0.29, 0.717) is 12.6 Å². The number of hydrogen-bond donors (Lipinski definition) is 1. The Morgan fingerprint density at radius 2 is 2.27 bits per heavy atom. The zero-order chi connectivity index (χ0) is 10.7. The highest BCUT2D eigenvalue weighted by Crippen LogP contribution is 2.11. The van der Waals surface area contributed by atoms with Crippen LogP contribution in [-0.4, -0.2) is 19.1 Å². The molecule has 0 radical (unpaired) electrons. The lowest BCUT2D eigenvalue weighted by atomic mass is 10.3. The molecule has 15 heavy (non-hydrogen) atoms. The molecule has 0 saturated carbocycles. The Labute approximate surface area is 88.6 Å². The van der Waals surface area contributed by atoms with Crippen molar-refractivity contribution in [2.45, 2.75) is 26.1 Å². The van der Waals surface area contributed by atoms with Crippen molar-refractivity contribution in [1.29, 1.82) is 0 Å². The van der Waals surface area contributed by atoms with E-state index in [9.17, 15) is 0 Å². The number of rotatable bonds is 4. The first-order valence-electron chi connectivity index (χ1n) is 4.97. The molecule has 1 unspecified atom stereocenters. The zero-order valence-electron chi connectivity index (χ0n) is 8.74. The SMILES string of the molecule is CC(Cn1ccnc1)n1cncc1CN. The van der Waals surface area contributed by atoms with Crippen LogP contribution in [0.4, 0.5) is 0 Å². The Kier molecular flexibility index (Phi) is 2.82. The molecule has 0 aromatic carbocycles. The number of hydrogen-bond acceptors (Lipinski definition) is 3. The van der Waals surface area contributed by atoms with E-state index in [1.165, 1.54) is 0 Å². The molecule has 0 aliphatic heterocycles. The van der Waals surface area contributed by atoms with Crippen LogP contribution < -0.4 is 5.73 Å². The number of imidazole rings is 2. The molecule has 0 aliphatic carbocycles. The van der Waals surface area contributed by atoms with Gasteiger partial charge in [0.25, 0.3) is 0 Å². The third-order valence-electron chi connectivity index (χ3n) is 2.46. The van der Waals surface area contributed by atoms with Crippen LogP contribution in [-0.2, 0) is 13.1 Å². The zero-order valence-corrected chi connectivity index (χ0v) is 8.74. The van der Waals surface area contributed by atoms with Crippen molar-refractivity contribution in [2.24, 2.45) is 5.73 Å². The predicted molar refractivity (Wildman–Crippen MR) is 57.1 cm³/mol. The van der Waals surface area contributed by atoms with Crippen molar-refractivity contribution in [3.8, 4) is 0 Å². The molecule has 0 bridgehead atoms. The maximum atomic E-state index is 5.63. The van der Waals surface area contributed by atoms with Gasteiger partial charge in [0.2, 0.25) is 0 Å². The minimum atomic E-state index is 0.334. The average Bonchev–Trinajstić information content (AvgIpc) is 2.86. The Morgan fingerprint density at radius 1 is 1.40 bits per heavy atom. The van der Waals surface area contributed by atoms with E-state index in [4.69, 9.17) is 5.73 Å². The van der Waals surface area contributed by atoms with Crippen molar-refractivity contribution in [2.75, 3.05) is 0 Å². The van der Waals surface area contributed by atoms with Gasteiger partial charge < -0.3 is 14.9 Å². The lowest BCUT2D eigenvalue weighted by Crippen LogP contribution is -2.15. The van der Waals surface area contributed by atoms with Crippen molar-refractivity contribution in [3.63, 3.8) is 0 Å². The standard InChI is InChI=1S/C10H15N5/c1-9(6-14-3-2-12-7-14)15-8-13-5-10(15)4-11/h2-3,5,7-9H,4,6,11H2,1H3. The fourth-order valence-electron chi connectivity index (χ4n) is 1.67. The fraction of sp³-hybridized carbons (Fsp3) is 0.400.